The predicted octanol–water partition coefficient (Wildman–Crippen LogP) is 3.87. The Labute approximate surface area is 128 Å². The molecule has 0 spiro atoms. The van der Waals surface area contributed by atoms with Crippen LogP contribution in [0.15, 0.2) is 33.4 Å². The highest BCUT2D eigenvalue weighted by Crippen LogP contribution is 2.27. The third-order valence-corrected chi connectivity index (χ3v) is 4.35. The first kappa shape index (κ1) is 14.7. The maximum absolute atomic E-state index is 11.1. The number of carbonyl (C=O) groups excluding carboxylic acids is 1. The number of hydrogen-bond acceptors (Lipinski definition) is 5. The smallest absolute Gasteiger partial charge is 0.270 e. The number of nitro benzene ring substituents is 1. The van der Waals surface area contributed by atoms with E-state index >= 15 is 0 Å². The molecular weight excluding hydrogens is 344 g/mol. The molecule has 20 heavy (non-hydrogen) atoms. The highest BCUT2D eigenvalue weighted by molar-refractivity contribution is 9.11. The molecule has 0 radical (unpaired) electrons. The Balaban J connectivity index is 2.27. The highest BCUT2D eigenvalue weighted by atomic mass is 79.9. The highest BCUT2D eigenvalue weighted by Gasteiger charge is 2.13. The number of nitrogens with zero attached hydrogens (tertiary/aromatic N) is 2. The van der Waals surface area contributed by atoms with E-state index in [-0.39, 0.29) is 5.69 Å². The molecule has 2 aromatic rings. The van der Waals surface area contributed by atoms with Crippen molar-refractivity contribution in [3.63, 3.8) is 0 Å². The maximum Gasteiger partial charge on any atom is 0.270 e. The zero-order valence-electron chi connectivity index (χ0n) is 10.6. The van der Waals surface area contributed by atoms with Gasteiger partial charge in [-0.25, -0.2) is 0 Å². The molecule has 0 saturated carbocycles. The minimum Gasteiger partial charge on any atom is -0.370 e. The fraction of sp³-hybridized carbons (Fsp3) is 0.154. The van der Waals surface area contributed by atoms with Gasteiger partial charge in [0.25, 0.3) is 5.69 Å². The summed E-state index contributed by atoms with van der Waals surface area (Å²) in [5, 5.41) is 12.7. The fourth-order valence-corrected chi connectivity index (χ4v) is 3.09. The summed E-state index contributed by atoms with van der Waals surface area (Å²) in [5.41, 5.74) is 2.02. The maximum atomic E-state index is 11.1. The Bertz CT molecular complexity index is 657. The van der Waals surface area contributed by atoms with Gasteiger partial charge in [0.15, 0.2) is 6.29 Å². The molecule has 0 aliphatic rings. The number of carbonyl (C=O) groups is 1. The van der Waals surface area contributed by atoms with Crippen LogP contribution in [0.25, 0.3) is 0 Å². The number of aldehydes is 1. The van der Waals surface area contributed by atoms with Gasteiger partial charge in [-0.1, -0.05) is 0 Å². The van der Waals surface area contributed by atoms with E-state index in [9.17, 15) is 14.9 Å². The van der Waals surface area contributed by atoms with E-state index in [1.807, 2.05) is 23.4 Å². The van der Waals surface area contributed by atoms with Crippen molar-refractivity contribution in [2.45, 2.75) is 6.54 Å². The number of rotatable bonds is 5. The molecule has 0 atom stereocenters. The summed E-state index contributed by atoms with van der Waals surface area (Å²) in [6, 6.07) is 6.31. The van der Waals surface area contributed by atoms with Crippen LogP contribution in [0.3, 0.4) is 0 Å². The lowest BCUT2D eigenvalue weighted by Crippen LogP contribution is -2.17. The first-order valence-electron chi connectivity index (χ1n) is 5.69. The van der Waals surface area contributed by atoms with Gasteiger partial charge in [-0.3, -0.25) is 14.9 Å². The normalized spacial score (nSPS) is 10.3. The Kier molecular flexibility index (Phi) is 4.51. The van der Waals surface area contributed by atoms with Crippen LogP contribution in [0, 0.1) is 10.1 Å². The summed E-state index contributed by atoms with van der Waals surface area (Å²) in [5.74, 6) is 0. The molecule has 0 aliphatic heterocycles. The van der Waals surface area contributed by atoms with E-state index < -0.39 is 4.92 Å². The van der Waals surface area contributed by atoms with Gasteiger partial charge in [-0.05, 0) is 39.0 Å². The Morgan fingerprint density at radius 1 is 1.45 bits per heavy atom. The van der Waals surface area contributed by atoms with Crippen LogP contribution in [0.5, 0.6) is 0 Å². The standard InChI is InChI=1S/C13H11BrN2O3S/c1-15(6-9-4-13(14)20-8-9)12-3-2-11(16(18)19)5-10(12)7-17/h2-5,7-8H,6H2,1H3. The van der Waals surface area contributed by atoms with Crippen molar-refractivity contribution < 1.29 is 9.72 Å². The fourth-order valence-electron chi connectivity index (χ4n) is 1.89. The second-order valence-corrected chi connectivity index (χ2v) is 6.52. The monoisotopic (exact) mass is 354 g/mol. The van der Waals surface area contributed by atoms with Crippen LogP contribution in [0.4, 0.5) is 11.4 Å². The minimum atomic E-state index is -0.507. The van der Waals surface area contributed by atoms with Crippen molar-refractivity contribution in [1.82, 2.24) is 0 Å². The Morgan fingerprint density at radius 2 is 2.20 bits per heavy atom. The average Bonchev–Trinajstić information content (AvgIpc) is 2.83. The molecule has 7 heteroatoms. The summed E-state index contributed by atoms with van der Waals surface area (Å²) in [6.07, 6.45) is 0.641. The third-order valence-electron chi connectivity index (χ3n) is 2.80. The van der Waals surface area contributed by atoms with Crippen molar-refractivity contribution in [1.29, 1.82) is 0 Å². The zero-order chi connectivity index (χ0) is 14.7. The number of benzene rings is 1. The van der Waals surface area contributed by atoms with Crippen LogP contribution in [0.1, 0.15) is 15.9 Å². The molecule has 1 aromatic carbocycles. The summed E-state index contributed by atoms with van der Waals surface area (Å²) in [6.45, 7) is 0.626. The van der Waals surface area contributed by atoms with E-state index in [2.05, 4.69) is 15.9 Å². The predicted molar refractivity (Wildman–Crippen MR) is 82.6 cm³/mol. The number of thiophene rings is 1. The molecule has 0 N–H and O–H groups in total. The summed E-state index contributed by atoms with van der Waals surface area (Å²) >= 11 is 4.99. The number of anilines is 1. The quantitative estimate of drug-likeness (QED) is 0.464. The average molecular weight is 355 g/mol. The van der Waals surface area contributed by atoms with Gasteiger partial charge in [0.1, 0.15) is 0 Å². The van der Waals surface area contributed by atoms with Crippen LogP contribution >= 0.6 is 27.3 Å². The summed E-state index contributed by atoms with van der Waals surface area (Å²) in [7, 11) is 1.85. The molecule has 1 aromatic heterocycles. The molecule has 0 aliphatic carbocycles. The minimum absolute atomic E-state index is 0.0810. The summed E-state index contributed by atoms with van der Waals surface area (Å²) < 4.78 is 1.04. The Morgan fingerprint density at radius 3 is 2.75 bits per heavy atom. The summed E-state index contributed by atoms with van der Waals surface area (Å²) in [4.78, 5) is 23.2. The van der Waals surface area contributed by atoms with Crippen molar-refractivity contribution >= 4 is 44.9 Å². The number of hydrogen-bond donors (Lipinski definition) is 0. The number of non-ortho nitro benzene ring substituents is 1. The molecule has 0 amide bonds. The van der Waals surface area contributed by atoms with Crippen molar-refractivity contribution in [3.8, 4) is 0 Å². The van der Waals surface area contributed by atoms with Crippen molar-refractivity contribution in [2.24, 2.45) is 0 Å². The van der Waals surface area contributed by atoms with Crippen LogP contribution in [0.2, 0.25) is 0 Å². The number of nitro groups is 1. The van der Waals surface area contributed by atoms with Gasteiger partial charge in [0, 0.05) is 37.0 Å². The molecule has 2 rings (SSSR count). The SMILES string of the molecule is CN(Cc1csc(Br)c1)c1ccc([N+](=O)[O-])cc1C=O. The molecule has 5 nitrogen and oxygen atoms in total. The van der Waals surface area contributed by atoms with E-state index in [0.29, 0.717) is 24.1 Å². The van der Waals surface area contributed by atoms with Gasteiger partial charge in [0.05, 0.1) is 8.71 Å². The molecule has 0 bridgehead atoms. The zero-order valence-corrected chi connectivity index (χ0v) is 13.0. The van der Waals surface area contributed by atoms with E-state index in [0.717, 1.165) is 9.35 Å². The van der Waals surface area contributed by atoms with E-state index in [4.69, 9.17) is 0 Å². The molecule has 104 valence electrons. The van der Waals surface area contributed by atoms with Gasteiger partial charge < -0.3 is 4.90 Å². The first-order valence-corrected chi connectivity index (χ1v) is 7.36. The molecule has 0 saturated heterocycles. The molecule has 0 fully saturated rings. The lowest BCUT2D eigenvalue weighted by Gasteiger charge is -2.20. The van der Waals surface area contributed by atoms with E-state index in [1.54, 1.807) is 17.4 Å². The van der Waals surface area contributed by atoms with Crippen LogP contribution in [-0.2, 0) is 6.54 Å². The van der Waals surface area contributed by atoms with Gasteiger partial charge in [-0.15, -0.1) is 11.3 Å². The van der Waals surface area contributed by atoms with Crippen molar-refractivity contribution in [3.05, 3.63) is 54.7 Å². The number of halogens is 1. The van der Waals surface area contributed by atoms with Crippen LogP contribution in [-0.4, -0.2) is 18.3 Å². The van der Waals surface area contributed by atoms with E-state index in [1.165, 1.54) is 12.1 Å². The molecule has 1 heterocycles. The van der Waals surface area contributed by atoms with Gasteiger partial charge in [0.2, 0.25) is 0 Å². The lowest BCUT2D eigenvalue weighted by atomic mass is 10.1. The van der Waals surface area contributed by atoms with Gasteiger partial charge in [-0.2, -0.15) is 0 Å². The molecule has 0 unspecified atom stereocenters. The van der Waals surface area contributed by atoms with Crippen molar-refractivity contribution in [2.75, 3.05) is 11.9 Å². The lowest BCUT2D eigenvalue weighted by molar-refractivity contribution is -0.384. The second-order valence-electron chi connectivity index (χ2n) is 4.23. The van der Waals surface area contributed by atoms with Crippen LogP contribution < -0.4 is 4.90 Å². The molecular formula is C13H11BrN2O3S. The first-order chi connectivity index (χ1) is 9.51. The van der Waals surface area contributed by atoms with Gasteiger partial charge >= 0.3 is 0 Å². The third kappa shape index (κ3) is 3.23. The largest absolute Gasteiger partial charge is 0.370 e. The second kappa shape index (κ2) is 6.15. The topological polar surface area (TPSA) is 63.4 Å². The Hall–Kier alpha value is -1.73.